The van der Waals surface area contributed by atoms with Crippen LogP contribution in [0.1, 0.15) is 23.4 Å². The molecule has 4 atom stereocenters. The average Bonchev–Trinajstić information content (AvgIpc) is 3.60. The van der Waals surface area contributed by atoms with Gasteiger partial charge in [0.25, 0.3) is 0 Å². The van der Waals surface area contributed by atoms with Crippen LogP contribution < -0.4 is 10.6 Å². The highest BCUT2D eigenvalue weighted by Crippen LogP contribution is 2.38. The van der Waals surface area contributed by atoms with Crippen molar-refractivity contribution in [2.45, 2.75) is 45.1 Å². The number of hydrogen-bond acceptors (Lipinski definition) is 11. The summed E-state index contributed by atoms with van der Waals surface area (Å²) in [5, 5.41) is 42.1. The van der Waals surface area contributed by atoms with Gasteiger partial charge in [0.2, 0.25) is 5.95 Å². The van der Waals surface area contributed by atoms with E-state index < -0.39 is 24.2 Å². The second-order valence-corrected chi connectivity index (χ2v) is 12.2. The Bertz CT molecular complexity index is 1670. The van der Waals surface area contributed by atoms with Gasteiger partial charge in [0.15, 0.2) is 0 Å². The number of fused-ring (bicyclic) bond motifs is 2. The third-order valence-corrected chi connectivity index (χ3v) is 9.49. The number of rotatable bonds is 7. The lowest BCUT2D eigenvalue weighted by Gasteiger charge is -2.21. The Hall–Kier alpha value is -2.93. The summed E-state index contributed by atoms with van der Waals surface area (Å²) in [7, 11) is 0. The van der Waals surface area contributed by atoms with Crippen LogP contribution in [0.2, 0.25) is 5.02 Å². The Morgan fingerprint density at radius 2 is 1.90 bits per heavy atom. The number of pyridine rings is 1. The fourth-order valence-corrected chi connectivity index (χ4v) is 7.32. The number of halogens is 1. The molecule has 0 amide bonds. The molecule has 1 aliphatic rings. The highest BCUT2D eigenvalue weighted by molar-refractivity contribution is 7.21. The largest absolute Gasteiger partial charge is 0.396 e. The molecule has 0 spiro atoms. The van der Waals surface area contributed by atoms with Crippen LogP contribution in [-0.4, -0.2) is 60.1 Å². The van der Waals surface area contributed by atoms with Crippen LogP contribution >= 0.6 is 34.3 Å². The molecule has 4 aromatic heterocycles. The molecule has 1 fully saturated rings. The third kappa shape index (κ3) is 4.94. The van der Waals surface area contributed by atoms with Crippen molar-refractivity contribution in [3.63, 3.8) is 0 Å². The summed E-state index contributed by atoms with van der Waals surface area (Å²) in [5.41, 5.74) is 4.19. The molecule has 0 saturated heterocycles. The van der Waals surface area contributed by atoms with Gasteiger partial charge in [-0.05, 0) is 60.9 Å². The maximum atomic E-state index is 10.7. The maximum absolute atomic E-state index is 10.7. The number of hydrogen-bond donors (Lipinski definition) is 5. The van der Waals surface area contributed by atoms with Gasteiger partial charge in [0, 0.05) is 35.0 Å². The van der Waals surface area contributed by atoms with Crippen molar-refractivity contribution >= 4 is 66.3 Å². The standard InChI is InChI=1S/C27H27ClN6O3S2/c1-12-21(26-33-22-13(2)29-6-5-20(22)39-26)25(32-18-7-14(10-35)23(36)24(18)37)34-27(31-12)30-9-15-11-38-19-4-3-16(28)8-17(15)19/h3-6,8,11,14,18,23-24,35-37H,7,9-10H2,1-2H3,(H2,30,31,32,34)/t14-,18-,23-,24+/m1/s1. The lowest BCUT2D eigenvalue weighted by atomic mass is 10.1. The van der Waals surface area contributed by atoms with Gasteiger partial charge in [-0.2, -0.15) is 4.98 Å². The first-order valence-corrected chi connectivity index (χ1v) is 14.6. The van der Waals surface area contributed by atoms with Gasteiger partial charge < -0.3 is 26.0 Å². The van der Waals surface area contributed by atoms with E-state index in [-0.39, 0.29) is 6.61 Å². The number of aliphatic hydroxyl groups excluding tert-OH is 3. The van der Waals surface area contributed by atoms with Gasteiger partial charge in [-0.1, -0.05) is 11.6 Å². The number of aliphatic hydroxyl groups is 3. The van der Waals surface area contributed by atoms with Crippen LogP contribution in [0.25, 0.3) is 30.9 Å². The van der Waals surface area contributed by atoms with E-state index in [0.29, 0.717) is 35.4 Å². The topological polar surface area (TPSA) is 136 Å². The number of aromatic nitrogens is 4. The van der Waals surface area contributed by atoms with E-state index in [9.17, 15) is 15.3 Å². The van der Waals surface area contributed by atoms with E-state index in [4.69, 9.17) is 26.6 Å². The molecule has 1 saturated carbocycles. The summed E-state index contributed by atoms with van der Waals surface area (Å²) in [6, 6.07) is 7.29. The molecule has 0 bridgehead atoms. The number of thiazole rings is 1. The normalized spacial score (nSPS) is 21.2. The Balaban J connectivity index is 1.37. The average molecular weight is 583 g/mol. The van der Waals surface area contributed by atoms with Crippen LogP contribution in [0.15, 0.2) is 35.8 Å². The molecule has 4 heterocycles. The van der Waals surface area contributed by atoms with Gasteiger partial charge in [-0.3, -0.25) is 4.98 Å². The molecule has 1 aromatic carbocycles. The summed E-state index contributed by atoms with van der Waals surface area (Å²) < 4.78 is 2.16. The van der Waals surface area contributed by atoms with Gasteiger partial charge in [0.1, 0.15) is 22.4 Å². The number of aryl methyl sites for hydroxylation is 2. The Morgan fingerprint density at radius 1 is 1.05 bits per heavy atom. The van der Waals surface area contributed by atoms with E-state index >= 15 is 0 Å². The summed E-state index contributed by atoms with van der Waals surface area (Å²) >= 11 is 9.41. The maximum Gasteiger partial charge on any atom is 0.225 e. The molecule has 5 N–H and O–H groups in total. The summed E-state index contributed by atoms with van der Waals surface area (Å²) in [5.74, 6) is 0.505. The first-order chi connectivity index (χ1) is 18.8. The van der Waals surface area contributed by atoms with Crippen molar-refractivity contribution in [3.05, 3.63) is 57.8 Å². The summed E-state index contributed by atoms with van der Waals surface area (Å²) in [6.45, 7) is 4.12. The second-order valence-electron chi connectivity index (χ2n) is 9.78. The number of nitrogens with zero attached hydrogens (tertiary/aromatic N) is 4. The van der Waals surface area contributed by atoms with Gasteiger partial charge >= 0.3 is 0 Å². The van der Waals surface area contributed by atoms with Crippen LogP contribution in [0.5, 0.6) is 0 Å². The van der Waals surface area contributed by atoms with Gasteiger partial charge in [-0.25, -0.2) is 9.97 Å². The number of nitrogens with one attached hydrogen (secondary N) is 2. The first-order valence-electron chi connectivity index (χ1n) is 12.6. The van der Waals surface area contributed by atoms with Crippen molar-refractivity contribution in [1.29, 1.82) is 0 Å². The summed E-state index contributed by atoms with van der Waals surface area (Å²) in [4.78, 5) is 18.8. The lowest BCUT2D eigenvalue weighted by molar-refractivity contribution is 0.00446. The molecule has 0 unspecified atom stereocenters. The zero-order valence-electron chi connectivity index (χ0n) is 21.2. The van der Waals surface area contributed by atoms with Crippen molar-refractivity contribution in [2.24, 2.45) is 5.92 Å². The highest BCUT2D eigenvalue weighted by Gasteiger charge is 2.41. The number of anilines is 2. The monoisotopic (exact) mass is 582 g/mol. The van der Waals surface area contributed by atoms with Crippen LogP contribution in [0.3, 0.4) is 0 Å². The molecule has 5 aromatic rings. The molecule has 1 aliphatic carbocycles. The van der Waals surface area contributed by atoms with Crippen molar-refractivity contribution in [3.8, 4) is 10.6 Å². The minimum atomic E-state index is -1.05. The third-order valence-electron chi connectivity index (χ3n) is 7.21. The van der Waals surface area contributed by atoms with Crippen LogP contribution in [-0.2, 0) is 6.54 Å². The van der Waals surface area contributed by atoms with Gasteiger partial charge in [0.05, 0.1) is 33.8 Å². The van der Waals surface area contributed by atoms with E-state index in [0.717, 1.165) is 42.1 Å². The predicted molar refractivity (Wildman–Crippen MR) is 157 cm³/mol. The zero-order chi connectivity index (χ0) is 27.3. The van der Waals surface area contributed by atoms with E-state index in [1.54, 1.807) is 17.5 Å². The van der Waals surface area contributed by atoms with Crippen LogP contribution in [0.4, 0.5) is 11.8 Å². The Labute approximate surface area is 237 Å². The summed E-state index contributed by atoms with van der Waals surface area (Å²) in [6.07, 6.45) is 0.0907. The second kappa shape index (κ2) is 10.6. The predicted octanol–water partition coefficient (Wildman–Crippen LogP) is 4.76. The zero-order valence-corrected chi connectivity index (χ0v) is 23.6. The Morgan fingerprint density at radius 3 is 2.67 bits per heavy atom. The minimum absolute atomic E-state index is 0.207. The number of thiophene rings is 1. The van der Waals surface area contributed by atoms with Crippen molar-refractivity contribution < 1.29 is 15.3 Å². The molecule has 0 radical (unpaired) electrons. The van der Waals surface area contributed by atoms with Crippen LogP contribution in [0, 0.1) is 19.8 Å². The first kappa shape index (κ1) is 26.3. The van der Waals surface area contributed by atoms with Gasteiger partial charge in [-0.15, -0.1) is 22.7 Å². The molecule has 6 rings (SSSR count). The fraction of sp³-hybridized carbons (Fsp3) is 0.333. The van der Waals surface area contributed by atoms with E-state index in [1.165, 1.54) is 11.3 Å². The van der Waals surface area contributed by atoms with Crippen molar-refractivity contribution in [2.75, 3.05) is 17.2 Å². The van der Waals surface area contributed by atoms with E-state index in [2.05, 4.69) is 21.0 Å². The molecule has 202 valence electrons. The van der Waals surface area contributed by atoms with E-state index in [1.807, 2.05) is 38.1 Å². The number of benzene rings is 1. The SMILES string of the molecule is Cc1nc(NCc2csc3ccc(Cl)cc23)nc(N[C@@H]2C[C@H](CO)[C@@H](O)[C@H]2O)c1-c1nc2c(C)nccc2s1. The minimum Gasteiger partial charge on any atom is -0.396 e. The Kier molecular flexibility index (Phi) is 7.13. The lowest BCUT2D eigenvalue weighted by Crippen LogP contribution is -2.35. The van der Waals surface area contributed by atoms with Crippen molar-refractivity contribution in [1.82, 2.24) is 19.9 Å². The molecule has 0 aliphatic heterocycles. The molecule has 9 nitrogen and oxygen atoms in total. The fourth-order valence-electron chi connectivity index (χ4n) is 5.09. The quantitative estimate of drug-likeness (QED) is 0.184. The smallest absolute Gasteiger partial charge is 0.225 e. The molecular weight excluding hydrogens is 556 g/mol. The molecule has 39 heavy (non-hydrogen) atoms. The molecular formula is C27H27ClN6O3S2. The highest BCUT2D eigenvalue weighted by atomic mass is 35.5. The molecule has 12 heteroatoms.